The first-order valence-electron chi connectivity index (χ1n) is 10.6. The highest BCUT2D eigenvalue weighted by Crippen LogP contribution is 2.41. The van der Waals surface area contributed by atoms with Gasteiger partial charge in [0.2, 0.25) is 0 Å². The van der Waals surface area contributed by atoms with Gasteiger partial charge in [-0.25, -0.2) is 0 Å². The summed E-state index contributed by atoms with van der Waals surface area (Å²) in [6.45, 7) is 0. The van der Waals surface area contributed by atoms with E-state index in [0.717, 1.165) is 12.2 Å². The molecule has 0 saturated heterocycles. The highest BCUT2D eigenvalue weighted by molar-refractivity contribution is 5.64. The third-order valence-corrected chi connectivity index (χ3v) is 6.22. The lowest BCUT2D eigenvalue weighted by Gasteiger charge is -2.15. The number of fused-ring (bicyclic) bond motifs is 4. The fourth-order valence-electron chi connectivity index (χ4n) is 4.65. The quantitative estimate of drug-likeness (QED) is 0.478. The Bertz CT molecular complexity index is 1330. The summed E-state index contributed by atoms with van der Waals surface area (Å²) >= 11 is 0. The zero-order chi connectivity index (χ0) is 19.9. The molecule has 0 radical (unpaired) electrons. The van der Waals surface area contributed by atoms with Crippen LogP contribution in [-0.2, 0) is 6.42 Å². The number of benzene rings is 4. The third kappa shape index (κ3) is 3.04. The Kier molecular flexibility index (Phi) is 4.06. The summed E-state index contributed by atoms with van der Waals surface area (Å²) in [6, 6.07) is 34.7. The predicted octanol–water partition coefficient (Wildman–Crippen LogP) is 5.06. The van der Waals surface area contributed by atoms with Crippen molar-refractivity contribution < 1.29 is 4.74 Å². The molecule has 2 aliphatic rings. The molecule has 0 amide bonds. The van der Waals surface area contributed by atoms with Crippen LogP contribution in [0, 0.1) is 0 Å². The van der Waals surface area contributed by atoms with Gasteiger partial charge in [0.1, 0.15) is 11.9 Å². The molecule has 0 N–H and O–H groups in total. The van der Waals surface area contributed by atoms with E-state index >= 15 is 0 Å². The maximum absolute atomic E-state index is 6.34. The second-order valence-corrected chi connectivity index (χ2v) is 8.18. The van der Waals surface area contributed by atoms with Gasteiger partial charge in [-0.15, -0.1) is 0 Å². The summed E-state index contributed by atoms with van der Waals surface area (Å²) in [6.07, 6.45) is 5.64. The van der Waals surface area contributed by atoms with Crippen LogP contribution in [0.5, 0.6) is 5.75 Å². The number of ether oxygens (including phenoxy) is 1. The van der Waals surface area contributed by atoms with Crippen molar-refractivity contribution in [2.24, 2.45) is 0 Å². The summed E-state index contributed by atoms with van der Waals surface area (Å²) in [4.78, 5) is 0. The smallest absolute Gasteiger partial charge is 0.128 e. The molecule has 4 aromatic carbocycles. The first kappa shape index (κ1) is 17.3. The van der Waals surface area contributed by atoms with E-state index in [1.54, 1.807) is 0 Å². The Labute approximate surface area is 176 Å². The van der Waals surface area contributed by atoms with Crippen LogP contribution < -0.4 is 15.2 Å². The highest BCUT2D eigenvalue weighted by atomic mass is 16.5. The monoisotopic (exact) mass is 386 g/mol. The molecule has 4 aromatic rings. The molecule has 2 unspecified atom stereocenters. The molecule has 0 fully saturated rings. The Morgan fingerprint density at radius 3 is 2.07 bits per heavy atom. The molecule has 0 saturated carbocycles. The second-order valence-electron chi connectivity index (χ2n) is 8.18. The molecule has 2 atom stereocenters. The standard InChI is InChI=1S/C29H22O/c1-2-6-22(7-3-1)23-13-10-20(11-14-23)16-21-12-15-26-27-18-24-8-4-5-9-25(24)19-29(27)30-28(26)17-21/h1-15,17-19,27,29H,16H2. The van der Waals surface area contributed by atoms with Crippen LogP contribution >= 0.6 is 0 Å². The average molecular weight is 386 g/mol. The lowest BCUT2D eigenvalue weighted by Crippen LogP contribution is -2.33. The maximum atomic E-state index is 6.34. The van der Waals surface area contributed by atoms with Gasteiger partial charge >= 0.3 is 0 Å². The van der Waals surface area contributed by atoms with E-state index in [9.17, 15) is 0 Å². The molecule has 1 aliphatic carbocycles. The first-order valence-corrected chi connectivity index (χ1v) is 10.6. The van der Waals surface area contributed by atoms with Crippen LogP contribution in [0.15, 0.2) is 97.1 Å². The van der Waals surface area contributed by atoms with Crippen molar-refractivity contribution >= 4 is 12.2 Å². The topological polar surface area (TPSA) is 9.23 Å². The molecule has 1 heteroatoms. The van der Waals surface area contributed by atoms with Crippen LogP contribution in [0.4, 0.5) is 0 Å². The van der Waals surface area contributed by atoms with Crippen LogP contribution in [0.25, 0.3) is 23.3 Å². The van der Waals surface area contributed by atoms with Crippen LogP contribution in [0.3, 0.4) is 0 Å². The normalized spacial score (nSPS) is 18.3. The fourth-order valence-corrected chi connectivity index (χ4v) is 4.65. The van der Waals surface area contributed by atoms with Crippen molar-refractivity contribution in [1.29, 1.82) is 0 Å². The number of rotatable bonds is 3. The first-order chi connectivity index (χ1) is 14.8. The minimum absolute atomic E-state index is 0.107. The maximum Gasteiger partial charge on any atom is 0.128 e. The SMILES string of the molecule is C1=c2ccccc2=CC2c3ccc(Cc4ccc(-c5ccccc5)cc4)cc3OC12. The molecular weight excluding hydrogens is 364 g/mol. The van der Waals surface area contributed by atoms with Gasteiger partial charge in [-0.1, -0.05) is 97.1 Å². The molecule has 0 aromatic heterocycles. The van der Waals surface area contributed by atoms with Crippen LogP contribution in [0.2, 0.25) is 0 Å². The second kappa shape index (κ2) is 7.03. The molecule has 144 valence electrons. The van der Waals surface area contributed by atoms with E-state index in [1.165, 1.54) is 38.3 Å². The molecule has 0 bridgehead atoms. The van der Waals surface area contributed by atoms with Gasteiger partial charge in [0.05, 0.1) is 0 Å². The van der Waals surface area contributed by atoms with Crippen molar-refractivity contribution in [2.75, 3.05) is 0 Å². The van der Waals surface area contributed by atoms with Gasteiger partial charge in [-0.05, 0) is 51.3 Å². The summed E-state index contributed by atoms with van der Waals surface area (Å²) < 4.78 is 6.34. The van der Waals surface area contributed by atoms with Crippen molar-refractivity contribution in [1.82, 2.24) is 0 Å². The van der Waals surface area contributed by atoms with E-state index in [4.69, 9.17) is 4.74 Å². The minimum Gasteiger partial charge on any atom is -0.485 e. The fraction of sp³-hybridized carbons (Fsp3) is 0.103. The molecular formula is C29H22O. The molecule has 6 rings (SSSR count). The Balaban J connectivity index is 1.25. The van der Waals surface area contributed by atoms with Gasteiger partial charge in [0, 0.05) is 11.5 Å². The van der Waals surface area contributed by atoms with E-state index in [-0.39, 0.29) is 6.10 Å². The molecule has 30 heavy (non-hydrogen) atoms. The summed E-state index contributed by atoms with van der Waals surface area (Å²) in [5, 5.41) is 2.57. The lowest BCUT2D eigenvalue weighted by molar-refractivity contribution is 0.288. The van der Waals surface area contributed by atoms with Crippen molar-refractivity contribution in [3.63, 3.8) is 0 Å². The zero-order valence-corrected chi connectivity index (χ0v) is 16.7. The van der Waals surface area contributed by atoms with Crippen molar-refractivity contribution in [3.8, 4) is 16.9 Å². The lowest BCUT2D eigenvalue weighted by atomic mass is 9.89. The largest absolute Gasteiger partial charge is 0.485 e. The summed E-state index contributed by atoms with van der Waals surface area (Å²) in [7, 11) is 0. The Morgan fingerprint density at radius 1 is 0.600 bits per heavy atom. The van der Waals surface area contributed by atoms with E-state index in [2.05, 4.69) is 109 Å². The van der Waals surface area contributed by atoms with Gasteiger partial charge in [-0.3, -0.25) is 0 Å². The summed E-state index contributed by atoms with van der Waals surface area (Å²) in [5.74, 6) is 1.35. The minimum atomic E-state index is 0.107. The van der Waals surface area contributed by atoms with Gasteiger partial charge in [0.25, 0.3) is 0 Å². The highest BCUT2D eigenvalue weighted by Gasteiger charge is 2.32. The zero-order valence-electron chi connectivity index (χ0n) is 16.7. The third-order valence-electron chi connectivity index (χ3n) is 6.22. The van der Waals surface area contributed by atoms with Crippen LogP contribution in [-0.4, -0.2) is 6.10 Å². The van der Waals surface area contributed by atoms with E-state index < -0.39 is 0 Å². The van der Waals surface area contributed by atoms with Gasteiger partial charge < -0.3 is 4.74 Å². The average Bonchev–Trinajstić information content (AvgIpc) is 3.15. The van der Waals surface area contributed by atoms with Crippen LogP contribution in [0.1, 0.15) is 22.6 Å². The number of hydrogen-bond acceptors (Lipinski definition) is 1. The van der Waals surface area contributed by atoms with Gasteiger partial charge in [-0.2, -0.15) is 0 Å². The van der Waals surface area contributed by atoms with Crippen molar-refractivity contribution in [3.05, 3.63) is 124 Å². The Hall–Kier alpha value is -3.58. The molecule has 0 spiro atoms. The predicted molar refractivity (Wildman–Crippen MR) is 123 cm³/mol. The number of hydrogen-bond donors (Lipinski definition) is 0. The van der Waals surface area contributed by atoms with Crippen molar-refractivity contribution in [2.45, 2.75) is 18.4 Å². The molecule has 1 nitrogen and oxygen atoms in total. The molecule has 1 heterocycles. The van der Waals surface area contributed by atoms with Gasteiger partial charge in [0.15, 0.2) is 0 Å². The van der Waals surface area contributed by atoms with E-state index in [1.807, 2.05) is 0 Å². The molecule has 1 aliphatic heterocycles. The summed E-state index contributed by atoms with van der Waals surface area (Å²) in [5.41, 5.74) is 6.42. The Morgan fingerprint density at radius 2 is 1.27 bits per heavy atom. The van der Waals surface area contributed by atoms with E-state index in [0.29, 0.717) is 5.92 Å².